The molecule has 0 atom stereocenters. The fourth-order valence-corrected chi connectivity index (χ4v) is 3.03. The second kappa shape index (κ2) is 12.1. The largest absolute Gasteiger partial charge is 0.466 e. The number of hydrogen-bond acceptors (Lipinski definition) is 8. The zero-order valence-electron chi connectivity index (χ0n) is 18.1. The van der Waals surface area contributed by atoms with Crippen LogP contribution in [-0.4, -0.2) is 40.4 Å². The smallest absolute Gasteiger partial charge is 0.307 e. The van der Waals surface area contributed by atoms with Gasteiger partial charge in [0.05, 0.1) is 13.0 Å². The number of aromatic nitrogens is 3. The predicted molar refractivity (Wildman–Crippen MR) is 123 cm³/mol. The van der Waals surface area contributed by atoms with Gasteiger partial charge >= 0.3 is 5.97 Å². The van der Waals surface area contributed by atoms with E-state index in [-0.39, 0.29) is 12.4 Å². The molecule has 2 heterocycles. The Morgan fingerprint density at radius 2 is 1.81 bits per heavy atom. The van der Waals surface area contributed by atoms with Gasteiger partial charge in [-0.25, -0.2) is 9.97 Å². The number of carbonyl (C=O) groups excluding carboxylic acids is 2. The van der Waals surface area contributed by atoms with Crippen LogP contribution in [-0.2, 0) is 27.3 Å². The SMILES string of the molecule is CCOC(=O)CCNc1cc(NCc2ccccc2)nc(-c2cc(CCC=O)ccn2)n1. The predicted octanol–water partition coefficient (Wildman–Crippen LogP) is 3.65. The van der Waals surface area contributed by atoms with E-state index in [0.29, 0.717) is 55.7 Å². The van der Waals surface area contributed by atoms with E-state index in [9.17, 15) is 9.59 Å². The molecule has 0 saturated carbocycles. The first-order chi connectivity index (χ1) is 15.7. The quantitative estimate of drug-likeness (QED) is 0.329. The molecule has 0 aliphatic carbocycles. The number of aldehydes is 1. The number of hydrogen-bond donors (Lipinski definition) is 2. The van der Waals surface area contributed by atoms with E-state index in [0.717, 1.165) is 17.4 Å². The van der Waals surface area contributed by atoms with Gasteiger partial charge in [0, 0.05) is 31.8 Å². The molecular formula is C24H27N5O3. The molecule has 0 spiro atoms. The van der Waals surface area contributed by atoms with Crippen LogP contribution in [0.15, 0.2) is 54.7 Å². The minimum atomic E-state index is -0.263. The highest BCUT2D eigenvalue weighted by molar-refractivity contribution is 5.70. The molecule has 0 amide bonds. The summed E-state index contributed by atoms with van der Waals surface area (Å²) in [6.07, 6.45) is 3.91. The van der Waals surface area contributed by atoms with Crippen molar-refractivity contribution >= 4 is 23.9 Å². The molecule has 8 heteroatoms. The summed E-state index contributed by atoms with van der Waals surface area (Å²) < 4.78 is 4.97. The van der Waals surface area contributed by atoms with Crippen LogP contribution in [0.1, 0.15) is 30.9 Å². The molecule has 0 aliphatic rings. The van der Waals surface area contributed by atoms with E-state index in [2.05, 4.69) is 25.6 Å². The molecule has 0 saturated heterocycles. The van der Waals surface area contributed by atoms with Gasteiger partial charge in [0.2, 0.25) is 0 Å². The highest BCUT2D eigenvalue weighted by atomic mass is 16.5. The molecule has 166 valence electrons. The average molecular weight is 434 g/mol. The monoisotopic (exact) mass is 433 g/mol. The highest BCUT2D eigenvalue weighted by Crippen LogP contribution is 2.20. The maximum Gasteiger partial charge on any atom is 0.307 e. The van der Waals surface area contributed by atoms with Crippen molar-refractivity contribution in [2.24, 2.45) is 0 Å². The summed E-state index contributed by atoms with van der Waals surface area (Å²) in [4.78, 5) is 36.0. The third-order valence-electron chi connectivity index (χ3n) is 4.59. The number of esters is 1. The standard InChI is InChI=1S/C24H27N5O3/c1-2-32-23(31)11-13-26-21-16-22(27-17-19-7-4-3-5-8-19)29-24(28-21)20-15-18(9-6-14-30)10-12-25-20/h3-5,7-8,10,12,14-16H,2,6,9,11,13,17H2,1H3,(H2,26,27,28,29). The normalized spacial score (nSPS) is 10.4. The Balaban J connectivity index is 1.80. The lowest BCUT2D eigenvalue weighted by Gasteiger charge is -2.12. The molecule has 3 aromatic rings. The Kier molecular flexibility index (Phi) is 8.68. The number of carbonyl (C=O) groups is 2. The molecule has 3 rings (SSSR count). The molecule has 0 aliphatic heterocycles. The van der Waals surface area contributed by atoms with Gasteiger partial charge in [-0.05, 0) is 36.6 Å². The first kappa shape index (κ1) is 22.9. The summed E-state index contributed by atoms with van der Waals surface area (Å²) in [5.41, 5.74) is 2.73. The molecule has 32 heavy (non-hydrogen) atoms. The van der Waals surface area contributed by atoms with E-state index in [1.807, 2.05) is 42.5 Å². The van der Waals surface area contributed by atoms with Gasteiger partial charge in [-0.2, -0.15) is 0 Å². The van der Waals surface area contributed by atoms with E-state index in [1.54, 1.807) is 19.2 Å². The fraction of sp³-hybridized carbons (Fsp3) is 0.292. The van der Waals surface area contributed by atoms with Crippen molar-refractivity contribution in [1.29, 1.82) is 0 Å². The van der Waals surface area contributed by atoms with Crippen LogP contribution in [0.5, 0.6) is 0 Å². The minimum Gasteiger partial charge on any atom is -0.466 e. The summed E-state index contributed by atoms with van der Waals surface area (Å²) >= 11 is 0. The topological polar surface area (TPSA) is 106 Å². The van der Waals surface area contributed by atoms with Crippen molar-refractivity contribution in [2.45, 2.75) is 32.7 Å². The molecule has 0 bridgehead atoms. The fourth-order valence-electron chi connectivity index (χ4n) is 3.03. The van der Waals surface area contributed by atoms with Crippen molar-refractivity contribution < 1.29 is 14.3 Å². The van der Waals surface area contributed by atoms with Crippen molar-refractivity contribution in [3.05, 3.63) is 65.9 Å². The molecular weight excluding hydrogens is 406 g/mol. The van der Waals surface area contributed by atoms with Crippen LogP contribution in [0, 0.1) is 0 Å². The van der Waals surface area contributed by atoms with E-state index < -0.39 is 0 Å². The van der Waals surface area contributed by atoms with Crippen LogP contribution in [0.4, 0.5) is 11.6 Å². The molecule has 0 unspecified atom stereocenters. The molecule has 8 nitrogen and oxygen atoms in total. The molecule has 2 aromatic heterocycles. The first-order valence-corrected chi connectivity index (χ1v) is 10.6. The molecule has 1 aromatic carbocycles. The number of ether oxygens (including phenoxy) is 1. The van der Waals surface area contributed by atoms with Crippen LogP contribution >= 0.6 is 0 Å². The van der Waals surface area contributed by atoms with Gasteiger partial charge in [-0.3, -0.25) is 9.78 Å². The van der Waals surface area contributed by atoms with E-state index in [4.69, 9.17) is 4.74 Å². The lowest BCUT2D eigenvalue weighted by molar-refractivity contribution is -0.142. The number of nitrogens with zero attached hydrogens (tertiary/aromatic N) is 3. The number of aryl methyl sites for hydroxylation is 1. The maximum atomic E-state index is 11.6. The Morgan fingerprint density at radius 3 is 2.56 bits per heavy atom. The second-order valence-corrected chi connectivity index (χ2v) is 7.04. The van der Waals surface area contributed by atoms with Gasteiger partial charge in [0.1, 0.15) is 23.6 Å². The first-order valence-electron chi connectivity index (χ1n) is 10.6. The van der Waals surface area contributed by atoms with Gasteiger partial charge in [-0.15, -0.1) is 0 Å². The van der Waals surface area contributed by atoms with E-state index in [1.165, 1.54) is 0 Å². The van der Waals surface area contributed by atoms with Crippen molar-refractivity contribution in [1.82, 2.24) is 15.0 Å². The lowest BCUT2D eigenvalue weighted by Crippen LogP contribution is -2.13. The number of rotatable bonds is 12. The molecule has 0 fully saturated rings. The van der Waals surface area contributed by atoms with Gasteiger partial charge in [-0.1, -0.05) is 30.3 Å². The lowest BCUT2D eigenvalue weighted by atomic mass is 10.1. The Morgan fingerprint density at radius 1 is 1.03 bits per heavy atom. The number of benzene rings is 1. The molecule has 0 radical (unpaired) electrons. The zero-order valence-corrected chi connectivity index (χ0v) is 18.1. The Bertz CT molecular complexity index is 1030. The van der Waals surface area contributed by atoms with Crippen LogP contribution in [0.2, 0.25) is 0 Å². The Hall–Kier alpha value is -3.81. The third-order valence-corrected chi connectivity index (χ3v) is 4.59. The van der Waals surface area contributed by atoms with Gasteiger partial charge < -0.3 is 20.2 Å². The van der Waals surface area contributed by atoms with Crippen molar-refractivity contribution in [3.8, 4) is 11.5 Å². The van der Waals surface area contributed by atoms with Crippen LogP contribution in [0.3, 0.4) is 0 Å². The summed E-state index contributed by atoms with van der Waals surface area (Å²) in [6.45, 7) is 3.13. The summed E-state index contributed by atoms with van der Waals surface area (Å²) in [6, 6.07) is 15.6. The van der Waals surface area contributed by atoms with Gasteiger partial charge in [0.25, 0.3) is 0 Å². The van der Waals surface area contributed by atoms with E-state index >= 15 is 0 Å². The number of nitrogens with one attached hydrogen (secondary N) is 2. The number of pyridine rings is 1. The zero-order chi connectivity index (χ0) is 22.6. The van der Waals surface area contributed by atoms with Crippen molar-refractivity contribution in [3.63, 3.8) is 0 Å². The van der Waals surface area contributed by atoms with Crippen LogP contribution in [0.25, 0.3) is 11.5 Å². The van der Waals surface area contributed by atoms with Crippen LogP contribution < -0.4 is 10.6 Å². The summed E-state index contributed by atoms with van der Waals surface area (Å²) in [5.74, 6) is 1.41. The summed E-state index contributed by atoms with van der Waals surface area (Å²) in [7, 11) is 0. The minimum absolute atomic E-state index is 0.235. The highest BCUT2D eigenvalue weighted by Gasteiger charge is 2.10. The Labute approximate surface area is 187 Å². The molecule has 2 N–H and O–H groups in total. The second-order valence-electron chi connectivity index (χ2n) is 7.04. The average Bonchev–Trinajstić information content (AvgIpc) is 2.82. The maximum absolute atomic E-state index is 11.6. The number of anilines is 2. The third kappa shape index (κ3) is 7.16. The summed E-state index contributed by atoms with van der Waals surface area (Å²) in [5, 5.41) is 6.49. The van der Waals surface area contributed by atoms with Gasteiger partial charge in [0.15, 0.2) is 5.82 Å². The van der Waals surface area contributed by atoms with Crippen molar-refractivity contribution in [2.75, 3.05) is 23.8 Å².